The third kappa shape index (κ3) is 6.34. The maximum atomic E-state index is 12.1. The second-order valence-electron chi connectivity index (χ2n) is 3.98. The number of alkyl halides is 2. The Balaban J connectivity index is 2.58. The summed E-state index contributed by atoms with van der Waals surface area (Å²) in [5.74, 6) is -0.0724. The summed E-state index contributed by atoms with van der Waals surface area (Å²) in [7, 11) is 0. The number of rotatable bonds is 6. The fraction of sp³-hybridized carbons (Fsp3) is 0.0667. The molecular weight excluding hydrogens is 292 g/mol. The largest absolute Gasteiger partial charge is 0.435 e. The average Bonchev–Trinajstić information content (AvgIpc) is 2.44. The number of halogens is 2. The highest BCUT2D eigenvalue weighted by Crippen LogP contribution is 2.19. The van der Waals surface area contributed by atoms with Gasteiger partial charge in [-0.3, -0.25) is 0 Å². The van der Waals surface area contributed by atoms with Gasteiger partial charge in [0, 0.05) is 23.0 Å². The SMILES string of the molecule is C=C(C#N)/C=C\C(=C)NC(=O)Nc1cccc(OC(F)F)c1. The van der Waals surface area contributed by atoms with Crippen molar-refractivity contribution in [3.8, 4) is 11.8 Å². The monoisotopic (exact) mass is 305 g/mol. The number of ether oxygens (including phenoxy) is 1. The Bertz CT molecular complexity index is 648. The standard InChI is InChI=1S/C15H13F2N3O2/c1-10(9-18)6-7-11(2)19-15(21)20-12-4-3-5-13(8-12)22-14(16)17/h3-8,14H,1-2H2,(H2,19,20,21)/b7-6-. The van der Waals surface area contributed by atoms with Crippen molar-refractivity contribution in [3.05, 3.63) is 60.8 Å². The van der Waals surface area contributed by atoms with Crippen LogP contribution >= 0.6 is 0 Å². The lowest BCUT2D eigenvalue weighted by Crippen LogP contribution is -2.27. The number of allylic oxidation sites excluding steroid dienone is 3. The first-order valence-electron chi connectivity index (χ1n) is 5.99. The molecule has 0 heterocycles. The van der Waals surface area contributed by atoms with E-state index in [0.717, 1.165) is 0 Å². The van der Waals surface area contributed by atoms with Crippen LogP contribution in [0.25, 0.3) is 0 Å². The van der Waals surface area contributed by atoms with Crippen molar-refractivity contribution in [2.75, 3.05) is 5.32 Å². The van der Waals surface area contributed by atoms with Crippen molar-refractivity contribution >= 4 is 11.7 Å². The zero-order chi connectivity index (χ0) is 16.5. The van der Waals surface area contributed by atoms with Crippen LogP contribution in [-0.4, -0.2) is 12.6 Å². The molecule has 0 saturated carbocycles. The quantitative estimate of drug-likeness (QED) is 0.623. The fourth-order valence-electron chi connectivity index (χ4n) is 1.34. The van der Waals surface area contributed by atoms with Crippen LogP contribution in [0, 0.1) is 11.3 Å². The van der Waals surface area contributed by atoms with Gasteiger partial charge in [0.05, 0.1) is 6.07 Å². The topological polar surface area (TPSA) is 74.2 Å². The van der Waals surface area contributed by atoms with Gasteiger partial charge in [-0.25, -0.2) is 4.79 Å². The van der Waals surface area contributed by atoms with Crippen molar-refractivity contribution in [1.29, 1.82) is 5.26 Å². The predicted octanol–water partition coefficient (Wildman–Crippen LogP) is 3.56. The molecule has 0 unspecified atom stereocenters. The summed E-state index contributed by atoms with van der Waals surface area (Å²) in [6.45, 7) is 4.06. The number of amides is 2. The number of nitrogens with one attached hydrogen (secondary N) is 2. The number of urea groups is 1. The van der Waals surface area contributed by atoms with E-state index in [1.165, 1.54) is 36.4 Å². The third-order valence-electron chi connectivity index (χ3n) is 2.22. The predicted molar refractivity (Wildman–Crippen MR) is 78.3 cm³/mol. The fourth-order valence-corrected chi connectivity index (χ4v) is 1.34. The zero-order valence-electron chi connectivity index (χ0n) is 11.5. The first kappa shape index (κ1) is 16.9. The summed E-state index contributed by atoms with van der Waals surface area (Å²) in [4.78, 5) is 11.7. The molecule has 22 heavy (non-hydrogen) atoms. The molecule has 0 fully saturated rings. The Kier molecular flexibility index (Phi) is 6.32. The Hall–Kier alpha value is -3.14. The maximum absolute atomic E-state index is 12.1. The van der Waals surface area contributed by atoms with Crippen LogP contribution in [0.1, 0.15) is 0 Å². The van der Waals surface area contributed by atoms with Crippen LogP contribution in [0.3, 0.4) is 0 Å². The molecule has 0 aliphatic rings. The number of nitriles is 1. The van der Waals surface area contributed by atoms with Crippen LogP contribution in [0.15, 0.2) is 60.8 Å². The molecule has 0 aromatic heterocycles. The molecule has 5 nitrogen and oxygen atoms in total. The molecule has 0 bridgehead atoms. The number of benzene rings is 1. The average molecular weight is 305 g/mol. The molecule has 1 rings (SSSR count). The summed E-state index contributed by atoms with van der Waals surface area (Å²) < 4.78 is 28.4. The number of hydrogen-bond donors (Lipinski definition) is 2. The Labute approximate surface area is 126 Å². The van der Waals surface area contributed by atoms with Gasteiger partial charge in [0.1, 0.15) is 5.75 Å². The molecular formula is C15H13F2N3O2. The molecule has 0 aliphatic carbocycles. The minimum absolute atomic E-state index is 0.0724. The molecule has 1 aromatic rings. The van der Waals surface area contributed by atoms with Crippen molar-refractivity contribution < 1.29 is 18.3 Å². The molecule has 0 radical (unpaired) electrons. The molecule has 2 N–H and O–H groups in total. The van der Waals surface area contributed by atoms with E-state index in [1.807, 2.05) is 6.07 Å². The first-order chi connectivity index (χ1) is 10.4. The van der Waals surface area contributed by atoms with Gasteiger partial charge in [-0.15, -0.1) is 0 Å². The van der Waals surface area contributed by atoms with Crippen molar-refractivity contribution in [1.82, 2.24) is 5.32 Å². The number of nitrogens with zero attached hydrogens (tertiary/aromatic N) is 1. The summed E-state index contributed by atoms with van der Waals surface area (Å²) in [5, 5.41) is 13.3. The highest BCUT2D eigenvalue weighted by molar-refractivity contribution is 5.90. The van der Waals surface area contributed by atoms with Gasteiger partial charge in [-0.1, -0.05) is 19.2 Å². The molecule has 2 amide bonds. The smallest absolute Gasteiger partial charge is 0.387 e. The van der Waals surface area contributed by atoms with E-state index in [1.54, 1.807) is 0 Å². The van der Waals surface area contributed by atoms with E-state index in [-0.39, 0.29) is 22.7 Å². The molecule has 0 aliphatic heterocycles. The van der Waals surface area contributed by atoms with Crippen LogP contribution in [0.4, 0.5) is 19.3 Å². The van der Waals surface area contributed by atoms with Gasteiger partial charge in [0.15, 0.2) is 0 Å². The van der Waals surface area contributed by atoms with Crippen molar-refractivity contribution in [2.45, 2.75) is 6.61 Å². The van der Waals surface area contributed by atoms with E-state index in [0.29, 0.717) is 0 Å². The van der Waals surface area contributed by atoms with Gasteiger partial charge in [-0.2, -0.15) is 14.0 Å². The summed E-state index contributed by atoms with van der Waals surface area (Å²) in [6.07, 6.45) is 2.79. The highest BCUT2D eigenvalue weighted by Gasteiger charge is 2.06. The van der Waals surface area contributed by atoms with Crippen LogP contribution < -0.4 is 15.4 Å². The molecule has 114 valence electrons. The lowest BCUT2D eigenvalue weighted by Gasteiger charge is -2.09. The first-order valence-corrected chi connectivity index (χ1v) is 5.99. The molecule has 1 aromatic carbocycles. The van der Waals surface area contributed by atoms with E-state index in [9.17, 15) is 13.6 Å². The van der Waals surface area contributed by atoms with E-state index < -0.39 is 12.6 Å². The van der Waals surface area contributed by atoms with E-state index in [2.05, 4.69) is 28.5 Å². The van der Waals surface area contributed by atoms with Crippen LogP contribution in [0.2, 0.25) is 0 Å². The van der Waals surface area contributed by atoms with Gasteiger partial charge in [-0.05, 0) is 24.3 Å². The molecule has 7 heteroatoms. The lowest BCUT2D eigenvalue weighted by atomic mass is 10.3. The van der Waals surface area contributed by atoms with Gasteiger partial charge in [0.2, 0.25) is 0 Å². The number of hydrogen-bond acceptors (Lipinski definition) is 3. The number of carbonyl (C=O) groups is 1. The number of carbonyl (C=O) groups excluding carboxylic acids is 1. The minimum atomic E-state index is -2.94. The van der Waals surface area contributed by atoms with Crippen molar-refractivity contribution in [3.63, 3.8) is 0 Å². The Morgan fingerprint density at radius 2 is 2.09 bits per heavy atom. The normalized spacial score (nSPS) is 10.1. The zero-order valence-corrected chi connectivity index (χ0v) is 11.5. The lowest BCUT2D eigenvalue weighted by molar-refractivity contribution is -0.0497. The second kappa shape index (κ2) is 8.21. The summed E-state index contributed by atoms with van der Waals surface area (Å²) in [5.41, 5.74) is 0.711. The number of anilines is 1. The maximum Gasteiger partial charge on any atom is 0.387 e. The summed E-state index contributed by atoms with van der Waals surface area (Å²) >= 11 is 0. The van der Waals surface area contributed by atoms with E-state index >= 15 is 0 Å². The third-order valence-corrected chi connectivity index (χ3v) is 2.22. The van der Waals surface area contributed by atoms with Crippen LogP contribution in [-0.2, 0) is 0 Å². The van der Waals surface area contributed by atoms with Gasteiger partial charge in [0.25, 0.3) is 0 Å². The summed E-state index contributed by atoms with van der Waals surface area (Å²) in [6, 6.07) is 6.75. The molecule has 0 saturated heterocycles. The molecule has 0 spiro atoms. The van der Waals surface area contributed by atoms with Crippen LogP contribution in [0.5, 0.6) is 5.75 Å². The van der Waals surface area contributed by atoms with Gasteiger partial charge >= 0.3 is 12.6 Å². The van der Waals surface area contributed by atoms with E-state index in [4.69, 9.17) is 5.26 Å². The van der Waals surface area contributed by atoms with Gasteiger partial charge < -0.3 is 15.4 Å². The second-order valence-corrected chi connectivity index (χ2v) is 3.98. The van der Waals surface area contributed by atoms with Crippen molar-refractivity contribution in [2.24, 2.45) is 0 Å². The Morgan fingerprint density at radius 1 is 1.36 bits per heavy atom. The Morgan fingerprint density at radius 3 is 2.73 bits per heavy atom. The molecule has 0 atom stereocenters. The minimum Gasteiger partial charge on any atom is -0.435 e. The highest BCUT2D eigenvalue weighted by atomic mass is 19.3.